The van der Waals surface area contributed by atoms with Crippen molar-refractivity contribution in [2.24, 2.45) is 0 Å². The molecular formula is C18H30O6. The molecule has 0 bridgehead atoms. The number of Topliss-reactive ketones (excluding diaryl/α,β-unsaturated/α-hetero) is 2. The normalized spacial score (nSPS) is 10.5. The fourth-order valence-corrected chi connectivity index (χ4v) is 2.44. The molecule has 0 aromatic heterocycles. The molecule has 6 nitrogen and oxygen atoms in total. The van der Waals surface area contributed by atoms with Crippen LogP contribution in [0, 0.1) is 0 Å². The lowest BCUT2D eigenvalue weighted by Gasteiger charge is -2.02. The Kier molecular flexibility index (Phi) is 13.8. The molecule has 0 spiro atoms. The Labute approximate surface area is 143 Å². The highest BCUT2D eigenvalue weighted by molar-refractivity contribution is 5.79. The molecule has 0 fully saturated rings. The van der Waals surface area contributed by atoms with Crippen molar-refractivity contribution >= 4 is 23.5 Å². The number of carbonyl (C=O) groups excluding carboxylic acids is 2. The molecule has 0 aromatic carbocycles. The van der Waals surface area contributed by atoms with Gasteiger partial charge in [-0.05, 0) is 38.5 Å². The highest BCUT2D eigenvalue weighted by Gasteiger charge is 2.06. The van der Waals surface area contributed by atoms with E-state index >= 15 is 0 Å². The third-order valence-corrected chi connectivity index (χ3v) is 3.85. The van der Waals surface area contributed by atoms with Crippen molar-refractivity contribution in [2.45, 2.75) is 89.9 Å². The minimum absolute atomic E-state index is 0.159. The largest absolute Gasteiger partial charge is 0.481 e. The predicted octanol–water partition coefficient (Wildman–Crippen LogP) is 3.76. The van der Waals surface area contributed by atoms with Gasteiger partial charge < -0.3 is 10.2 Å². The van der Waals surface area contributed by atoms with Crippen molar-refractivity contribution in [3.05, 3.63) is 0 Å². The van der Waals surface area contributed by atoms with E-state index in [4.69, 9.17) is 10.2 Å². The van der Waals surface area contributed by atoms with Gasteiger partial charge >= 0.3 is 11.9 Å². The maximum Gasteiger partial charge on any atom is 0.303 e. The molecule has 138 valence electrons. The van der Waals surface area contributed by atoms with Crippen LogP contribution in [0.5, 0.6) is 0 Å². The Morgan fingerprint density at radius 2 is 0.667 bits per heavy atom. The van der Waals surface area contributed by atoms with Gasteiger partial charge in [0, 0.05) is 38.5 Å². The van der Waals surface area contributed by atoms with Crippen molar-refractivity contribution in [2.75, 3.05) is 0 Å². The summed E-state index contributed by atoms with van der Waals surface area (Å²) in [6.07, 6.45) is 7.97. The van der Waals surface area contributed by atoms with Gasteiger partial charge in [-0.3, -0.25) is 19.2 Å². The predicted molar refractivity (Wildman–Crippen MR) is 89.9 cm³/mol. The second kappa shape index (κ2) is 14.8. The molecule has 6 heteroatoms. The Hall–Kier alpha value is -1.72. The summed E-state index contributed by atoms with van der Waals surface area (Å²) >= 11 is 0. The number of hydrogen-bond acceptors (Lipinski definition) is 4. The highest BCUT2D eigenvalue weighted by atomic mass is 16.4. The highest BCUT2D eigenvalue weighted by Crippen LogP contribution is 2.10. The second-order valence-electron chi connectivity index (χ2n) is 6.19. The first-order chi connectivity index (χ1) is 11.4. The van der Waals surface area contributed by atoms with Crippen molar-refractivity contribution in [3.8, 4) is 0 Å². The molecule has 0 amide bonds. The van der Waals surface area contributed by atoms with E-state index in [1.165, 1.54) is 0 Å². The fraction of sp³-hybridized carbons (Fsp3) is 0.778. The SMILES string of the molecule is O=C(O)CCCCCC(=O)CCCCC(=O)CCCCCC(=O)O. The van der Waals surface area contributed by atoms with Gasteiger partial charge in [-0.15, -0.1) is 0 Å². The van der Waals surface area contributed by atoms with Gasteiger partial charge in [-0.2, -0.15) is 0 Å². The molecule has 0 aliphatic carbocycles. The van der Waals surface area contributed by atoms with E-state index in [0.29, 0.717) is 38.5 Å². The van der Waals surface area contributed by atoms with E-state index in [2.05, 4.69) is 0 Å². The van der Waals surface area contributed by atoms with Gasteiger partial charge in [-0.1, -0.05) is 12.8 Å². The van der Waals surface area contributed by atoms with Crippen molar-refractivity contribution < 1.29 is 29.4 Å². The van der Waals surface area contributed by atoms with Crippen LogP contribution in [0.15, 0.2) is 0 Å². The number of carboxylic acid groups (broad SMARTS) is 2. The summed E-state index contributed by atoms with van der Waals surface area (Å²) in [7, 11) is 0. The average molecular weight is 342 g/mol. The van der Waals surface area contributed by atoms with E-state index in [0.717, 1.165) is 38.5 Å². The van der Waals surface area contributed by atoms with Crippen LogP contribution < -0.4 is 0 Å². The molecule has 0 aliphatic rings. The molecule has 0 aliphatic heterocycles. The summed E-state index contributed by atoms with van der Waals surface area (Å²) in [5.41, 5.74) is 0. The molecule has 0 unspecified atom stereocenters. The Balaban J connectivity index is 3.40. The lowest BCUT2D eigenvalue weighted by atomic mass is 10.0. The summed E-state index contributed by atoms with van der Waals surface area (Å²) in [5, 5.41) is 17.0. The second-order valence-corrected chi connectivity index (χ2v) is 6.19. The van der Waals surface area contributed by atoms with Crippen LogP contribution >= 0.6 is 0 Å². The molecule has 24 heavy (non-hydrogen) atoms. The molecule has 0 saturated carbocycles. The molecular weight excluding hydrogens is 312 g/mol. The Morgan fingerprint density at radius 3 is 0.958 bits per heavy atom. The number of aliphatic carboxylic acids is 2. The third kappa shape index (κ3) is 16.6. The van der Waals surface area contributed by atoms with E-state index in [-0.39, 0.29) is 24.4 Å². The molecule has 0 atom stereocenters. The van der Waals surface area contributed by atoms with Gasteiger partial charge in [0.15, 0.2) is 0 Å². The zero-order valence-electron chi connectivity index (χ0n) is 14.4. The quantitative estimate of drug-likeness (QED) is 0.390. The molecule has 0 radical (unpaired) electrons. The van der Waals surface area contributed by atoms with Crippen LogP contribution in [0.4, 0.5) is 0 Å². The summed E-state index contributed by atoms with van der Waals surface area (Å²) < 4.78 is 0. The monoisotopic (exact) mass is 342 g/mol. The molecule has 0 saturated heterocycles. The summed E-state index contributed by atoms with van der Waals surface area (Å²) in [6, 6.07) is 0. The Bertz CT molecular complexity index is 364. The van der Waals surface area contributed by atoms with Gasteiger partial charge in [0.2, 0.25) is 0 Å². The first kappa shape index (κ1) is 22.3. The van der Waals surface area contributed by atoms with Crippen LogP contribution in [0.25, 0.3) is 0 Å². The minimum atomic E-state index is -0.798. The van der Waals surface area contributed by atoms with Gasteiger partial charge in [0.25, 0.3) is 0 Å². The van der Waals surface area contributed by atoms with Crippen LogP contribution in [0.2, 0.25) is 0 Å². The van der Waals surface area contributed by atoms with E-state index in [1.807, 2.05) is 0 Å². The first-order valence-corrected chi connectivity index (χ1v) is 8.89. The molecule has 0 heterocycles. The van der Waals surface area contributed by atoms with Crippen molar-refractivity contribution in [1.29, 1.82) is 0 Å². The van der Waals surface area contributed by atoms with E-state index in [1.54, 1.807) is 0 Å². The number of carboxylic acids is 2. The number of rotatable bonds is 17. The zero-order valence-corrected chi connectivity index (χ0v) is 14.4. The first-order valence-electron chi connectivity index (χ1n) is 8.89. The van der Waals surface area contributed by atoms with Gasteiger partial charge in [0.1, 0.15) is 11.6 Å². The summed E-state index contributed by atoms with van der Waals surface area (Å²) in [4.78, 5) is 43.9. The maximum atomic E-state index is 11.6. The number of ketones is 2. The minimum Gasteiger partial charge on any atom is -0.481 e. The van der Waals surface area contributed by atoms with Gasteiger partial charge in [0.05, 0.1) is 0 Å². The smallest absolute Gasteiger partial charge is 0.303 e. The van der Waals surface area contributed by atoms with E-state index < -0.39 is 11.9 Å². The van der Waals surface area contributed by atoms with Crippen LogP contribution in [-0.4, -0.2) is 33.7 Å². The molecule has 0 aromatic rings. The topological polar surface area (TPSA) is 109 Å². The lowest BCUT2D eigenvalue weighted by Crippen LogP contribution is -2.01. The Morgan fingerprint density at radius 1 is 0.417 bits per heavy atom. The lowest BCUT2D eigenvalue weighted by molar-refractivity contribution is -0.138. The van der Waals surface area contributed by atoms with Crippen molar-refractivity contribution in [3.63, 3.8) is 0 Å². The summed E-state index contributed by atoms with van der Waals surface area (Å²) in [5.74, 6) is -1.22. The molecule has 2 N–H and O–H groups in total. The standard InChI is InChI=1S/C18H30O6/c19-15(9-3-1-5-13-17(21)22)11-7-8-12-16(20)10-4-2-6-14-18(23)24/h1-14H2,(H,21,22)(H,23,24). The third-order valence-electron chi connectivity index (χ3n) is 3.85. The zero-order chi connectivity index (χ0) is 18.2. The van der Waals surface area contributed by atoms with Crippen LogP contribution in [0.1, 0.15) is 89.9 Å². The van der Waals surface area contributed by atoms with Crippen LogP contribution in [-0.2, 0) is 19.2 Å². The fourth-order valence-electron chi connectivity index (χ4n) is 2.44. The number of hydrogen-bond donors (Lipinski definition) is 2. The number of carbonyl (C=O) groups is 4. The number of unbranched alkanes of at least 4 members (excludes halogenated alkanes) is 5. The van der Waals surface area contributed by atoms with Crippen molar-refractivity contribution in [1.82, 2.24) is 0 Å². The molecule has 0 rings (SSSR count). The average Bonchev–Trinajstić information content (AvgIpc) is 2.50. The van der Waals surface area contributed by atoms with Gasteiger partial charge in [-0.25, -0.2) is 0 Å². The maximum absolute atomic E-state index is 11.6. The summed E-state index contributed by atoms with van der Waals surface area (Å²) in [6.45, 7) is 0. The van der Waals surface area contributed by atoms with Crippen LogP contribution in [0.3, 0.4) is 0 Å². The van der Waals surface area contributed by atoms with E-state index in [9.17, 15) is 19.2 Å².